The van der Waals surface area contributed by atoms with Crippen LogP contribution in [0.3, 0.4) is 0 Å². The van der Waals surface area contributed by atoms with E-state index in [9.17, 15) is 4.79 Å². The fourth-order valence-corrected chi connectivity index (χ4v) is 3.96. The molecule has 3 rings (SSSR count). The minimum absolute atomic E-state index is 0.115. The number of hydrogen-bond acceptors (Lipinski definition) is 7. The molecule has 1 fully saturated rings. The third-order valence-corrected chi connectivity index (χ3v) is 5.34. The van der Waals surface area contributed by atoms with Gasteiger partial charge in [-0.1, -0.05) is 50.1 Å². The predicted molar refractivity (Wildman–Crippen MR) is 109 cm³/mol. The van der Waals surface area contributed by atoms with Crippen LogP contribution in [0, 0.1) is 5.92 Å². The molecule has 0 aliphatic heterocycles. The smallest absolute Gasteiger partial charge is 0.307 e. The summed E-state index contributed by atoms with van der Waals surface area (Å²) < 4.78 is 10.9. The molecule has 0 amide bonds. The summed E-state index contributed by atoms with van der Waals surface area (Å²) in [5.41, 5.74) is 0.164. The van der Waals surface area contributed by atoms with E-state index >= 15 is 0 Å². The second-order valence-corrected chi connectivity index (χ2v) is 9.01. The van der Waals surface area contributed by atoms with Gasteiger partial charge in [0, 0.05) is 18.3 Å². The number of rotatable bonds is 8. The highest BCUT2D eigenvalue weighted by Crippen LogP contribution is 2.31. The molecular formula is C22H32N4O3. The van der Waals surface area contributed by atoms with Crippen LogP contribution in [0.2, 0.25) is 0 Å². The van der Waals surface area contributed by atoms with Gasteiger partial charge in [0.05, 0.1) is 12.0 Å². The molecule has 1 atom stereocenters. The maximum absolute atomic E-state index is 12.5. The Morgan fingerprint density at radius 3 is 2.62 bits per heavy atom. The van der Waals surface area contributed by atoms with E-state index in [-0.39, 0.29) is 18.3 Å². The zero-order valence-electron chi connectivity index (χ0n) is 17.8. The maximum Gasteiger partial charge on any atom is 0.307 e. The van der Waals surface area contributed by atoms with Gasteiger partial charge in [0.2, 0.25) is 0 Å². The molecular weight excluding hydrogens is 368 g/mol. The highest BCUT2D eigenvalue weighted by atomic mass is 16.6. The standard InChI is InChI=1S/C22H32N4O3/c1-22(2,3)28-19(27)12-17(11-7-10-16-8-5-4-6-9-16)20-25-21(29-26-20)18-13-23-15-24-14-18/h13-17H,4-12H2,1-3H3/t17-/m1/s1. The van der Waals surface area contributed by atoms with Gasteiger partial charge in [-0.25, -0.2) is 9.97 Å². The lowest BCUT2D eigenvalue weighted by Crippen LogP contribution is -2.25. The second kappa shape index (κ2) is 9.94. The van der Waals surface area contributed by atoms with Gasteiger partial charge in [0.15, 0.2) is 5.82 Å². The molecule has 0 radical (unpaired) electrons. The van der Waals surface area contributed by atoms with Gasteiger partial charge >= 0.3 is 5.97 Å². The van der Waals surface area contributed by atoms with Crippen molar-refractivity contribution in [2.45, 2.75) is 90.1 Å². The summed E-state index contributed by atoms with van der Waals surface area (Å²) in [5.74, 6) is 1.40. The zero-order valence-corrected chi connectivity index (χ0v) is 17.8. The third kappa shape index (κ3) is 6.91. The Bertz CT molecular complexity index is 764. The Labute approximate surface area is 172 Å². The summed E-state index contributed by atoms with van der Waals surface area (Å²) in [7, 11) is 0. The highest BCUT2D eigenvalue weighted by Gasteiger charge is 2.26. The van der Waals surface area contributed by atoms with Gasteiger partial charge in [-0.05, 0) is 33.1 Å². The van der Waals surface area contributed by atoms with Crippen molar-refractivity contribution in [3.05, 3.63) is 24.5 Å². The number of carbonyl (C=O) groups is 1. The van der Waals surface area contributed by atoms with Gasteiger partial charge in [-0.15, -0.1) is 0 Å². The summed E-state index contributed by atoms with van der Waals surface area (Å²) in [6.45, 7) is 5.64. The molecule has 2 aromatic heterocycles. The Hall–Kier alpha value is -2.31. The third-order valence-electron chi connectivity index (χ3n) is 5.34. The number of carbonyl (C=O) groups excluding carboxylic acids is 1. The van der Waals surface area contributed by atoms with Crippen LogP contribution in [0.15, 0.2) is 23.2 Å². The Morgan fingerprint density at radius 1 is 1.21 bits per heavy atom. The normalized spacial score (nSPS) is 16.5. The van der Waals surface area contributed by atoms with Gasteiger partial charge in [-0.3, -0.25) is 4.79 Å². The summed E-state index contributed by atoms with van der Waals surface area (Å²) in [6, 6.07) is 0. The van der Waals surface area contributed by atoms with E-state index in [4.69, 9.17) is 9.26 Å². The molecule has 0 N–H and O–H groups in total. The van der Waals surface area contributed by atoms with Crippen LogP contribution in [0.1, 0.15) is 90.3 Å². The number of esters is 1. The first-order valence-corrected chi connectivity index (χ1v) is 10.7. The number of aromatic nitrogens is 4. The average Bonchev–Trinajstić information content (AvgIpc) is 3.17. The topological polar surface area (TPSA) is 91.0 Å². The fourth-order valence-electron chi connectivity index (χ4n) is 3.96. The lowest BCUT2D eigenvalue weighted by atomic mass is 9.84. The number of hydrogen-bond donors (Lipinski definition) is 0. The molecule has 1 aliphatic rings. The monoisotopic (exact) mass is 400 g/mol. The van der Waals surface area contributed by atoms with Gasteiger partial charge < -0.3 is 9.26 Å². The minimum Gasteiger partial charge on any atom is -0.460 e. The summed E-state index contributed by atoms with van der Waals surface area (Å²) in [5, 5.41) is 4.16. The van der Waals surface area contributed by atoms with Gasteiger partial charge in [0.25, 0.3) is 5.89 Å². The summed E-state index contributed by atoms with van der Waals surface area (Å²) >= 11 is 0. The molecule has 0 bridgehead atoms. The molecule has 0 saturated heterocycles. The molecule has 29 heavy (non-hydrogen) atoms. The van der Waals surface area contributed by atoms with E-state index < -0.39 is 5.60 Å². The second-order valence-electron chi connectivity index (χ2n) is 9.01. The molecule has 0 aromatic carbocycles. The largest absolute Gasteiger partial charge is 0.460 e. The maximum atomic E-state index is 12.5. The quantitative estimate of drug-likeness (QED) is 0.570. The van der Waals surface area contributed by atoms with Crippen LogP contribution < -0.4 is 0 Å². The van der Waals surface area contributed by atoms with E-state index in [1.165, 1.54) is 44.9 Å². The molecule has 2 heterocycles. The molecule has 2 aromatic rings. The van der Waals surface area contributed by atoms with Crippen molar-refractivity contribution in [1.29, 1.82) is 0 Å². The van der Waals surface area contributed by atoms with Crippen LogP contribution in [0.5, 0.6) is 0 Å². The first kappa shape index (κ1) is 21.4. The molecule has 7 heteroatoms. The molecule has 158 valence electrons. The van der Waals surface area contributed by atoms with E-state index in [0.717, 1.165) is 18.8 Å². The predicted octanol–water partition coefficient (Wildman–Crippen LogP) is 5.09. The van der Waals surface area contributed by atoms with Crippen LogP contribution in [-0.4, -0.2) is 31.7 Å². The SMILES string of the molecule is CC(C)(C)OC(=O)C[C@@H](CCCC1CCCCC1)c1noc(-c2cncnc2)n1. The van der Waals surface area contributed by atoms with E-state index in [0.29, 0.717) is 17.3 Å². The molecule has 7 nitrogen and oxygen atoms in total. The number of ether oxygens (including phenoxy) is 1. The fraction of sp³-hybridized carbons (Fsp3) is 0.682. The van der Waals surface area contributed by atoms with Gasteiger partial charge in [-0.2, -0.15) is 4.98 Å². The average molecular weight is 401 g/mol. The molecule has 1 aliphatic carbocycles. The van der Waals surface area contributed by atoms with Crippen LogP contribution >= 0.6 is 0 Å². The minimum atomic E-state index is -0.506. The summed E-state index contributed by atoms with van der Waals surface area (Å²) in [4.78, 5) is 25.0. The Balaban J connectivity index is 1.66. The van der Waals surface area contributed by atoms with Crippen LogP contribution in [0.4, 0.5) is 0 Å². The number of nitrogens with zero attached hydrogens (tertiary/aromatic N) is 4. The van der Waals surface area contributed by atoms with Crippen molar-refractivity contribution < 1.29 is 14.1 Å². The molecule has 1 saturated carbocycles. The van der Waals surface area contributed by atoms with E-state index in [2.05, 4.69) is 20.1 Å². The first-order chi connectivity index (χ1) is 13.9. The molecule has 0 spiro atoms. The van der Waals surface area contributed by atoms with Crippen molar-refractivity contribution in [1.82, 2.24) is 20.1 Å². The Kier molecular flexibility index (Phi) is 7.34. The first-order valence-electron chi connectivity index (χ1n) is 10.7. The lowest BCUT2D eigenvalue weighted by Gasteiger charge is -2.23. The van der Waals surface area contributed by atoms with Crippen molar-refractivity contribution in [3.63, 3.8) is 0 Å². The lowest BCUT2D eigenvalue weighted by molar-refractivity contribution is -0.155. The zero-order chi connectivity index (χ0) is 20.7. The molecule has 0 unspecified atom stereocenters. The van der Waals surface area contributed by atoms with Gasteiger partial charge in [0.1, 0.15) is 11.9 Å². The van der Waals surface area contributed by atoms with Crippen molar-refractivity contribution in [2.75, 3.05) is 0 Å². The Morgan fingerprint density at radius 2 is 1.93 bits per heavy atom. The van der Waals surface area contributed by atoms with Crippen molar-refractivity contribution in [3.8, 4) is 11.5 Å². The van der Waals surface area contributed by atoms with Crippen LogP contribution in [-0.2, 0) is 9.53 Å². The van der Waals surface area contributed by atoms with E-state index in [1.54, 1.807) is 12.4 Å². The van der Waals surface area contributed by atoms with E-state index in [1.807, 2.05) is 20.8 Å². The van der Waals surface area contributed by atoms with Crippen LogP contribution in [0.25, 0.3) is 11.5 Å². The van der Waals surface area contributed by atoms with Crippen molar-refractivity contribution in [2.24, 2.45) is 5.92 Å². The van der Waals surface area contributed by atoms with Crippen molar-refractivity contribution >= 4 is 5.97 Å². The summed E-state index contributed by atoms with van der Waals surface area (Å²) in [6.07, 6.45) is 14.8. The highest BCUT2D eigenvalue weighted by molar-refractivity contribution is 5.70.